The van der Waals surface area contributed by atoms with E-state index in [0.29, 0.717) is 60.4 Å². The Morgan fingerprint density at radius 3 is 2.71 bits per heavy atom. The first kappa shape index (κ1) is 23.5. The topological polar surface area (TPSA) is 111 Å². The average molecular weight is 484 g/mol. The maximum absolute atomic E-state index is 13.9. The molecule has 1 aliphatic heterocycles. The van der Waals surface area contributed by atoms with Crippen LogP contribution in [0.5, 0.6) is 5.75 Å². The number of hydrogen-bond acceptors (Lipinski definition) is 7. The number of halogens is 2. The maximum atomic E-state index is 13.9. The number of carboxylic acid groups (broad SMARTS) is 1. The van der Waals surface area contributed by atoms with Crippen LogP contribution in [0.25, 0.3) is 10.8 Å². The molecule has 0 amide bonds. The van der Waals surface area contributed by atoms with Crippen LogP contribution < -0.4 is 15.0 Å². The molecule has 1 aliphatic rings. The van der Waals surface area contributed by atoms with Crippen LogP contribution in [0.4, 0.5) is 16.0 Å². The van der Waals surface area contributed by atoms with Crippen molar-refractivity contribution in [3.8, 4) is 11.8 Å². The molecule has 10 heteroatoms. The SMILES string of the molecule is COc1ccc(CNc2nnc(N3CCC(C(F)C(=O)O)CC3)c3ccc(C#N)cc23)cc1Cl. The van der Waals surface area contributed by atoms with Crippen LogP contribution in [0.2, 0.25) is 5.02 Å². The van der Waals surface area contributed by atoms with Gasteiger partial charge in [0.05, 0.1) is 23.8 Å². The Hall–Kier alpha value is -3.64. The van der Waals surface area contributed by atoms with E-state index in [1.807, 2.05) is 17.0 Å². The minimum absolute atomic E-state index is 0.408. The fourth-order valence-corrected chi connectivity index (χ4v) is 4.47. The molecule has 4 rings (SSSR count). The Morgan fingerprint density at radius 2 is 2.06 bits per heavy atom. The van der Waals surface area contributed by atoms with Crippen molar-refractivity contribution in [2.24, 2.45) is 5.92 Å². The van der Waals surface area contributed by atoms with E-state index in [0.717, 1.165) is 16.3 Å². The summed E-state index contributed by atoms with van der Waals surface area (Å²) in [4.78, 5) is 13.0. The maximum Gasteiger partial charge on any atom is 0.338 e. The average Bonchev–Trinajstić information content (AvgIpc) is 2.86. The minimum atomic E-state index is -1.86. The first-order valence-corrected chi connectivity index (χ1v) is 11.2. The van der Waals surface area contributed by atoms with E-state index < -0.39 is 18.1 Å². The van der Waals surface area contributed by atoms with E-state index in [2.05, 4.69) is 21.6 Å². The van der Waals surface area contributed by atoms with E-state index in [-0.39, 0.29) is 0 Å². The Morgan fingerprint density at radius 1 is 1.29 bits per heavy atom. The number of nitrogens with one attached hydrogen (secondary N) is 1. The molecule has 2 N–H and O–H groups in total. The van der Waals surface area contributed by atoms with E-state index >= 15 is 0 Å². The number of piperidine rings is 1. The number of fused-ring (bicyclic) bond motifs is 1. The van der Waals surface area contributed by atoms with Gasteiger partial charge < -0.3 is 20.1 Å². The zero-order chi connectivity index (χ0) is 24.2. The molecule has 0 aliphatic carbocycles. The molecule has 1 fully saturated rings. The number of rotatable bonds is 7. The summed E-state index contributed by atoms with van der Waals surface area (Å²) in [5, 5.41) is 32.5. The largest absolute Gasteiger partial charge is 0.495 e. The number of methoxy groups -OCH3 is 1. The number of carbonyl (C=O) groups is 1. The van der Waals surface area contributed by atoms with Crippen molar-refractivity contribution in [3.05, 3.63) is 52.5 Å². The van der Waals surface area contributed by atoms with E-state index in [1.54, 1.807) is 31.4 Å². The lowest BCUT2D eigenvalue weighted by molar-refractivity contribution is -0.145. The monoisotopic (exact) mass is 483 g/mol. The van der Waals surface area contributed by atoms with Gasteiger partial charge in [-0.2, -0.15) is 5.26 Å². The van der Waals surface area contributed by atoms with Crippen molar-refractivity contribution in [1.29, 1.82) is 5.26 Å². The standard InChI is InChI=1S/C24H23ClFN5O3/c1-34-20-5-3-15(11-19(20)25)13-28-22-18-10-14(12-27)2-4-17(18)23(30-29-22)31-8-6-16(7-9-31)21(26)24(32)33/h2-5,10-11,16,21H,6-9,13H2,1H3,(H,28,29)(H,32,33). The molecule has 176 valence electrons. The highest BCUT2D eigenvalue weighted by atomic mass is 35.5. The number of aromatic nitrogens is 2. The van der Waals surface area contributed by atoms with Crippen LogP contribution in [-0.2, 0) is 11.3 Å². The lowest BCUT2D eigenvalue weighted by Gasteiger charge is -2.33. The van der Waals surface area contributed by atoms with Gasteiger partial charge in [-0.15, -0.1) is 10.2 Å². The Kier molecular flexibility index (Phi) is 6.98. The second kappa shape index (κ2) is 10.1. The molecule has 0 radical (unpaired) electrons. The third-order valence-corrected chi connectivity index (χ3v) is 6.35. The van der Waals surface area contributed by atoms with Gasteiger partial charge in [0.15, 0.2) is 17.8 Å². The summed E-state index contributed by atoms with van der Waals surface area (Å²) in [6.07, 6.45) is -1.04. The van der Waals surface area contributed by atoms with Crippen LogP contribution in [0.15, 0.2) is 36.4 Å². The summed E-state index contributed by atoms with van der Waals surface area (Å²) in [5.74, 6) is -0.198. The van der Waals surface area contributed by atoms with Gasteiger partial charge in [0.1, 0.15) is 5.75 Å². The van der Waals surface area contributed by atoms with Crippen molar-refractivity contribution in [1.82, 2.24) is 10.2 Å². The second-order valence-electron chi connectivity index (χ2n) is 8.13. The minimum Gasteiger partial charge on any atom is -0.495 e. The number of nitriles is 1. The third kappa shape index (κ3) is 4.82. The molecule has 1 atom stereocenters. The molecule has 2 heterocycles. The highest BCUT2D eigenvalue weighted by molar-refractivity contribution is 6.32. The normalized spacial score (nSPS) is 15.1. The summed E-state index contributed by atoms with van der Waals surface area (Å²) in [7, 11) is 1.56. The Balaban J connectivity index is 1.59. The molecule has 0 bridgehead atoms. The van der Waals surface area contributed by atoms with Crippen molar-refractivity contribution >= 4 is 40.0 Å². The molecule has 3 aromatic rings. The molecular formula is C24H23ClFN5O3. The number of carboxylic acids is 1. The summed E-state index contributed by atoms with van der Waals surface area (Å²) < 4.78 is 19.1. The van der Waals surface area contributed by atoms with Gasteiger partial charge in [0.2, 0.25) is 0 Å². The number of hydrogen-bond donors (Lipinski definition) is 2. The molecule has 0 saturated carbocycles. The molecule has 2 aromatic carbocycles. The predicted molar refractivity (Wildman–Crippen MR) is 127 cm³/mol. The van der Waals surface area contributed by atoms with E-state index in [9.17, 15) is 14.4 Å². The number of ether oxygens (including phenoxy) is 1. The molecule has 1 unspecified atom stereocenters. The third-order valence-electron chi connectivity index (χ3n) is 6.05. The summed E-state index contributed by atoms with van der Waals surface area (Å²) in [5.41, 5.74) is 1.41. The zero-order valence-electron chi connectivity index (χ0n) is 18.5. The van der Waals surface area contributed by atoms with Gasteiger partial charge in [-0.25, -0.2) is 9.18 Å². The van der Waals surface area contributed by atoms with Gasteiger partial charge in [-0.05, 0) is 48.7 Å². The fourth-order valence-electron chi connectivity index (χ4n) is 4.19. The van der Waals surface area contributed by atoms with Crippen LogP contribution in [-0.4, -0.2) is 47.6 Å². The molecule has 8 nitrogen and oxygen atoms in total. The predicted octanol–water partition coefficient (Wildman–Crippen LogP) is 4.41. The Labute approximate surface area is 200 Å². The van der Waals surface area contributed by atoms with Gasteiger partial charge in [-0.3, -0.25) is 0 Å². The number of anilines is 2. The number of benzene rings is 2. The van der Waals surface area contributed by atoms with Crippen LogP contribution in [0, 0.1) is 17.2 Å². The highest BCUT2D eigenvalue weighted by Crippen LogP contribution is 2.33. The Bertz CT molecular complexity index is 1260. The van der Waals surface area contributed by atoms with Gasteiger partial charge >= 0.3 is 5.97 Å². The van der Waals surface area contributed by atoms with Crippen molar-refractivity contribution in [2.45, 2.75) is 25.6 Å². The van der Waals surface area contributed by atoms with Gasteiger partial charge in [0.25, 0.3) is 0 Å². The van der Waals surface area contributed by atoms with Gasteiger partial charge in [0, 0.05) is 36.3 Å². The zero-order valence-corrected chi connectivity index (χ0v) is 19.2. The molecular weight excluding hydrogens is 461 g/mol. The summed E-state index contributed by atoms with van der Waals surface area (Å²) in [6, 6.07) is 12.9. The second-order valence-corrected chi connectivity index (χ2v) is 8.54. The smallest absolute Gasteiger partial charge is 0.338 e. The first-order chi connectivity index (χ1) is 16.4. The number of nitrogens with zero attached hydrogens (tertiary/aromatic N) is 4. The molecule has 0 spiro atoms. The van der Waals surface area contributed by atoms with E-state index in [1.165, 1.54) is 0 Å². The quantitative estimate of drug-likeness (QED) is 0.508. The van der Waals surface area contributed by atoms with E-state index in [4.69, 9.17) is 21.4 Å². The van der Waals surface area contributed by atoms with Gasteiger partial charge in [-0.1, -0.05) is 17.7 Å². The number of aliphatic carboxylic acids is 1. The summed E-state index contributed by atoms with van der Waals surface area (Å²) in [6.45, 7) is 1.38. The molecule has 34 heavy (non-hydrogen) atoms. The lowest BCUT2D eigenvalue weighted by Crippen LogP contribution is -2.39. The number of alkyl halides is 1. The van der Waals surface area contributed by atoms with Crippen molar-refractivity contribution in [3.63, 3.8) is 0 Å². The van der Waals surface area contributed by atoms with Crippen molar-refractivity contribution < 1.29 is 19.0 Å². The summed E-state index contributed by atoms with van der Waals surface area (Å²) >= 11 is 6.22. The first-order valence-electron chi connectivity index (χ1n) is 10.8. The molecule has 1 saturated heterocycles. The van der Waals surface area contributed by atoms with Crippen LogP contribution in [0.3, 0.4) is 0 Å². The molecule has 1 aromatic heterocycles. The van der Waals surface area contributed by atoms with Crippen molar-refractivity contribution in [2.75, 3.05) is 30.4 Å². The highest BCUT2D eigenvalue weighted by Gasteiger charge is 2.32. The van der Waals surface area contributed by atoms with Crippen LogP contribution >= 0.6 is 11.6 Å². The lowest BCUT2D eigenvalue weighted by atomic mass is 9.92. The van der Waals surface area contributed by atoms with Crippen LogP contribution in [0.1, 0.15) is 24.0 Å². The fraction of sp³-hybridized carbons (Fsp3) is 0.333.